The summed E-state index contributed by atoms with van der Waals surface area (Å²) >= 11 is 1.58. The van der Waals surface area contributed by atoms with E-state index in [9.17, 15) is 4.79 Å². The molecule has 2 unspecified atom stereocenters. The standard InChI is InChI=1S/C18H25N5OS/c1-3-23-9-13(8-20-23)22-18(24)17-7-14(10(2)25-17)15-6-16(15)21-12-4-11(19)5-12/h7-9,11-12,15-16,21H,3-6,19H2,1-2H3,(H,22,24). The molecule has 0 aliphatic heterocycles. The fraction of sp³-hybridized carbons (Fsp3) is 0.556. The topological polar surface area (TPSA) is 85.0 Å². The van der Waals surface area contributed by atoms with E-state index in [4.69, 9.17) is 5.73 Å². The second-order valence-electron chi connectivity index (χ2n) is 7.20. The molecule has 0 bridgehead atoms. The Morgan fingerprint density at radius 3 is 2.92 bits per heavy atom. The number of carbonyl (C=O) groups is 1. The van der Waals surface area contributed by atoms with Crippen LogP contribution in [-0.4, -0.2) is 33.8 Å². The zero-order valence-corrected chi connectivity index (χ0v) is 15.5. The van der Waals surface area contributed by atoms with E-state index in [0.717, 1.165) is 36.4 Å². The van der Waals surface area contributed by atoms with Gasteiger partial charge in [0.05, 0.1) is 16.8 Å². The van der Waals surface area contributed by atoms with Crippen LogP contribution in [0.25, 0.3) is 0 Å². The molecule has 25 heavy (non-hydrogen) atoms. The smallest absolute Gasteiger partial charge is 0.265 e. The zero-order chi connectivity index (χ0) is 17.6. The Hall–Kier alpha value is -1.70. The van der Waals surface area contributed by atoms with Gasteiger partial charge in [-0.2, -0.15) is 5.10 Å². The molecule has 6 nitrogen and oxygen atoms in total. The summed E-state index contributed by atoms with van der Waals surface area (Å²) in [5.41, 5.74) is 7.92. The Kier molecular flexibility index (Phi) is 4.39. The minimum Gasteiger partial charge on any atom is -0.328 e. The number of anilines is 1. The Morgan fingerprint density at radius 1 is 1.44 bits per heavy atom. The summed E-state index contributed by atoms with van der Waals surface area (Å²) in [4.78, 5) is 14.5. The van der Waals surface area contributed by atoms with Crippen LogP contribution in [0.2, 0.25) is 0 Å². The van der Waals surface area contributed by atoms with E-state index < -0.39 is 0 Å². The molecular weight excluding hydrogens is 334 g/mol. The Bertz CT molecular complexity index is 776. The molecule has 4 rings (SSSR count). The van der Waals surface area contributed by atoms with Crippen molar-refractivity contribution in [3.63, 3.8) is 0 Å². The van der Waals surface area contributed by atoms with E-state index in [0.29, 0.717) is 24.0 Å². The molecular formula is C18H25N5OS. The fourth-order valence-corrected chi connectivity index (χ4v) is 4.58. The number of aryl methyl sites for hydroxylation is 2. The molecule has 2 fully saturated rings. The third kappa shape index (κ3) is 3.49. The zero-order valence-electron chi connectivity index (χ0n) is 14.7. The molecule has 0 spiro atoms. The van der Waals surface area contributed by atoms with E-state index in [1.165, 1.54) is 10.4 Å². The molecule has 2 saturated carbocycles. The quantitative estimate of drug-likeness (QED) is 0.740. The number of aromatic nitrogens is 2. The van der Waals surface area contributed by atoms with E-state index in [1.54, 1.807) is 22.2 Å². The monoisotopic (exact) mass is 359 g/mol. The first-order chi connectivity index (χ1) is 12.0. The maximum Gasteiger partial charge on any atom is 0.265 e. The lowest BCUT2D eigenvalue weighted by Crippen LogP contribution is -2.49. The van der Waals surface area contributed by atoms with Crippen LogP contribution in [0, 0.1) is 6.92 Å². The normalized spacial score (nSPS) is 27.8. The van der Waals surface area contributed by atoms with Crippen LogP contribution in [0.5, 0.6) is 0 Å². The summed E-state index contributed by atoms with van der Waals surface area (Å²) in [6.07, 6.45) is 6.87. The third-order valence-electron chi connectivity index (χ3n) is 5.21. The molecule has 2 heterocycles. The average Bonchev–Trinajstić information content (AvgIpc) is 2.98. The van der Waals surface area contributed by atoms with Crippen molar-refractivity contribution in [1.29, 1.82) is 0 Å². The minimum atomic E-state index is -0.0508. The first-order valence-electron chi connectivity index (χ1n) is 8.99. The van der Waals surface area contributed by atoms with Gasteiger partial charge in [-0.05, 0) is 44.7 Å². The molecule has 2 aromatic heterocycles. The summed E-state index contributed by atoms with van der Waals surface area (Å²) < 4.78 is 1.80. The number of carbonyl (C=O) groups excluding carboxylic acids is 1. The van der Waals surface area contributed by atoms with Crippen molar-refractivity contribution in [3.8, 4) is 0 Å². The van der Waals surface area contributed by atoms with Gasteiger partial charge in [0.15, 0.2) is 0 Å². The number of hydrogen-bond donors (Lipinski definition) is 3. The minimum absolute atomic E-state index is 0.0508. The summed E-state index contributed by atoms with van der Waals surface area (Å²) in [5.74, 6) is 0.489. The van der Waals surface area contributed by atoms with Gasteiger partial charge in [0.1, 0.15) is 0 Å². The van der Waals surface area contributed by atoms with E-state index in [1.807, 2.05) is 13.1 Å². The van der Waals surface area contributed by atoms with Crippen LogP contribution in [0.1, 0.15) is 52.2 Å². The molecule has 134 valence electrons. The van der Waals surface area contributed by atoms with Crippen LogP contribution < -0.4 is 16.4 Å². The Balaban J connectivity index is 1.37. The molecule has 2 atom stereocenters. The molecule has 2 aromatic rings. The Labute approximate surface area is 151 Å². The van der Waals surface area contributed by atoms with Gasteiger partial charge in [0.2, 0.25) is 0 Å². The van der Waals surface area contributed by atoms with Crippen molar-refractivity contribution in [2.45, 2.75) is 63.7 Å². The van der Waals surface area contributed by atoms with E-state index in [2.05, 4.69) is 28.7 Å². The summed E-state index contributed by atoms with van der Waals surface area (Å²) in [5, 5.41) is 10.8. The predicted octanol–water partition coefficient (Wildman–Crippen LogP) is 2.46. The van der Waals surface area contributed by atoms with Crippen molar-refractivity contribution < 1.29 is 4.79 Å². The van der Waals surface area contributed by atoms with Gasteiger partial charge in [-0.3, -0.25) is 9.48 Å². The molecule has 4 N–H and O–H groups in total. The number of nitrogens with zero attached hydrogens (tertiary/aromatic N) is 2. The lowest BCUT2D eigenvalue weighted by molar-refractivity contribution is 0.103. The summed E-state index contributed by atoms with van der Waals surface area (Å²) in [7, 11) is 0. The number of rotatable bonds is 6. The highest BCUT2D eigenvalue weighted by Crippen LogP contribution is 2.45. The average molecular weight is 359 g/mol. The van der Waals surface area contributed by atoms with Crippen molar-refractivity contribution in [2.75, 3.05) is 5.32 Å². The number of amides is 1. The van der Waals surface area contributed by atoms with Crippen molar-refractivity contribution in [3.05, 3.63) is 33.8 Å². The second-order valence-corrected chi connectivity index (χ2v) is 8.46. The van der Waals surface area contributed by atoms with Gasteiger partial charge in [0, 0.05) is 41.7 Å². The fourth-order valence-electron chi connectivity index (χ4n) is 3.59. The van der Waals surface area contributed by atoms with Crippen LogP contribution in [0.4, 0.5) is 5.69 Å². The second kappa shape index (κ2) is 6.55. The predicted molar refractivity (Wildman–Crippen MR) is 100 cm³/mol. The van der Waals surface area contributed by atoms with Gasteiger partial charge >= 0.3 is 0 Å². The molecule has 1 amide bonds. The van der Waals surface area contributed by atoms with Gasteiger partial charge in [0.25, 0.3) is 5.91 Å². The van der Waals surface area contributed by atoms with Gasteiger partial charge < -0.3 is 16.4 Å². The lowest BCUT2D eigenvalue weighted by Gasteiger charge is -2.33. The highest BCUT2D eigenvalue weighted by Gasteiger charge is 2.42. The largest absolute Gasteiger partial charge is 0.328 e. The van der Waals surface area contributed by atoms with Crippen molar-refractivity contribution >= 4 is 22.9 Å². The number of thiophene rings is 1. The summed E-state index contributed by atoms with van der Waals surface area (Å²) in [6, 6.07) is 3.58. The number of hydrogen-bond acceptors (Lipinski definition) is 5. The molecule has 0 saturated heterocycles. The van der Waals surface area contributed by atoms with Crippen molar-refractivity contribution in [2.24, 2.45) is 5.73 Å². The lowest BCUT2D eigenvalue weighted by atomic mass is 9.87. The SMILES string of the molecule is CCn1cc(NC(=O)c2cc(C3CC3NC3CC(N)C3)c(C)s2)cn1. The number of nitrogens with one attached hydrogen (secondary N) is 2. The van der Waals surface area contributed by atoms with Crippen LogP contribution in [0.15, 0.2) is 18.5 Å². The van der Waals surface area contributed by atoms with Gasteiger partial charge in [-0.1, -0.05) is 0 Å². The highest BCUT2D eigenvalue weighted by atomic mass is 32.1. The van der Waals surface area contributed by atoms with E-state index >= 15 is 0 Å². The molecule has 7 heteroatoms. The van der Waals surface area contributed by atoms with E-state index in [-0.39, 0.29) is 5.91 Å². The molecule has 2 aliphatic rings. The summed E-state index contributed by atoms with van der Waals surface area (Å²) in [6.45, 7) is 4.92. The maximum atomic E-state index is 12.5. The molecule has 0 radical (unpaired) electrons. The first-order valence-corrected chi connectivity index (χ1v) is 9.81. The van der Waals surface area contributed by atoms with Crippen molar-refractivity contribution in [1.82, 2.24) is 15.1 Å². The van der Waals surface area contributed by atoms with Crippen LogP contribution >= 0.6 is 11.3 Å². The van der Waals surface area contributed by atoms with Crippen LogP contribution in [-0.2, 0) is 6.54 Å². The Morgan fingerprint density at radius 2 is 2.24 bits per heavy atom. The van der Waals surface area contributed by atoms with Gasteiger partial charge in [-0.25, -0.2) is 0 Å². The first kappa shape index (κ1) is 16.8. The van der Waals surface area contributed by atoms with Crippen LogP contribution in [0.3, 0.4) is 0 Å². The van der Waals surface area contributed by atoms with Gasteiger partial charge in [-0.15, -0.1) is 11.3 Å². The number of nitrogens with two attached hydrogens (primary N) is 1. The third-order valence-corrected chi connectivity index (χ3v) is 6.27. The maximum absolute atomic E-state index is 12.5. The highest BCUT2D eigenvalue weighted by molar-refractivity contribution is 7.14. The molecule has 0 aromatic carbocycles. The molecule has 2 aliphatic carbocycles.